The van der Waals surface area contributed by atoms with E-state index in [1.165, 1.54) is 6.07 Å². The minimum absolute atomic E-state index is 0.358. The van der Waals surface area contributed by atoms with Gasteiger partial charge in [0.25, 0.3) is 0 Å². The summed E-state index contributed by atoms with van der Waals surface area (Å²) < 4.78 is 18.6. The Balaban J connectivity index is 2.46. The molecule has 16 heavy (non-hydrogen) atoms. The third-order valence-electron chi connectivity index (χ3n) is 2.26. The number of ether oxygens (including phenoxy) is 1. The Bertz CT molecular complexity index is 480. The Morgan fingerprint density at radius 1 is 1.25 bits per heavy atom. The van der Waals surface area contributed by atoms with E-state index in [0.717, 1.165) is 16.9 Å². The van der Waals surface area contributed by atoms with Crippen molar-refractivity contribution in [2.45, 2.75) is 6.92 Å². The maximum absolute atomic E-state index is 13.1. The van der Waals surface area contributed by atoms with Gasteiger partial charge in [0.1, 0.15) is 11.6 Å². The Morgan fingerprint density at radius 2 is 2.06 bits per heavy atom. The topological polar surface area (TPSA) is 9.23 Å². The molecule has 81 valence electrons. The van der Waals surface area contributed by atoms with Gasteiger partial charge < -0.3 is 4.74 Å². The van der Waals surface area contributed by atoms with Crippen molar-refractivity contribution in [2.24, 2.45) is 0 Å². The first-order valence-corrected chi connectivity index (χ1v) is 5.20. The first kappa shape index (κ1) is 10.7. The van der Waals surface area contributed by atoms with Gasteiger partial charge in [-0.25, -0.2) is 4.39 Å². The van der Waals surface area contributed by atoms with E-state index >= 15 is 0 Å². The van der Waals surface area contributed by atoms with Crippen LogP contribution in [0.25, 0.3) is 11.1 Å². The van der Waals surface area contributed by atoms with E-state index in [1.54, 1.807) is 6.07 Å². The summed E-state index contributed by atoms with van der Waals surface area (Å²) in [5.74, 6) is 0.416. The molecule has 0 atom stereocenters. The molecule has 0 N–H and O–H groups in total. The minimum atomic E-state index is -0.358. The molecule has 2 rings (SSSR count). The molecule has 2 heteroatoms. The van der Waals surface area contributed by atoms with Crippen molar-refractivity contribution in [2.75, 3.05) is 6.61 Å². The summed E-state index contributed by atoms with van der Waals surface area (Å²) >= 11 is 0. The van der Waals surface area contributed by atoms with E-state index in [4.69, 9.17) is 4.74 Å². The van der Waals surface area contributed by atoms with Crippen molar-refractivity contribution in [3.8, 4) is 16.9 Å². The maximum atomic E-state index is 13.1. The maximum Gasteiger partial charge on any atom is 0.131 e. The summed E-state index contributed by atoms with van der Waals surface area (Å²) in [6, 6.07) is 14.9. The van der Waals surface area contributed by atoms with Gasteiger partial charge >= 0.3 is 0 Å². The van der Waals surface area contributed by atoms with E-state index in [0.29, 0.717) is 6.61 Å². The van der Waals surface area contributed by atoms with Gasteiger partial charge in [0.15, 0.2) is 0 Å². The third-order valence-corrected chi connectivity index (χ3v) is 2.26. The molecule has 0 amide bonds. The molecule has 0 aliphatic rings. The van der Waals surface area contributed by atoms with Crippen LogP contribution in [0.15, 0.2) is 42.5 Å². The summed E-state index contributed by atoms with van der Waals surface area (Å²) in [7, 11) is 0. The van der Waals surface area contributed by atoms with E-state index in [2.05, 4.69) is 6.07 Å². The molecule has 0 aromatic heterocycles. The molecule has 2 aromatic carbocycles. The van der Waals surface area contributed by atoms with Gasteiger partial charge in [-0.2, -0.15) is 0 Å². The number of halogens is 1. The van der Waals surface area contributed by atoms with Gasteiger partial charge in [-0.3, -0.25) is 0 Å². The summed E-state index contributed by atoms with van der Waals surface area (Å²) in [5.41, 5.74) is 1.71. The molecular weight excluding hydrogens is 203 g/mol. The zero-order chi connectivity index (χ0) is 11.4. The van der Waals surface area contributed by atoms with Crippen LogP contribution in [0, 0.1) is 11.9 Å². The molecule has 0 heterocycles. The highest BCUT2D eigenvalue weighted by Gasteiger charge is 2.05. The SMILES string of the molecule is CCOc1ccccc1-c1cc[c]c(F)c1. The first-order chi connectivity index (χ1) is 7.81. The zero-order valence-corrected chi connectivity index (χ0v) is 9.03. The Labute approximate surface area is 94.5 Å². The van der Waals surface area contributed by atoms with Gasteiger partial charge in [-0.15, -0.1) is 0 Å². The quantitative estimate of drug-likeness (QED) is 0.758. The van der Waals surface area contributed by atoms with Crippen LogP contribution in [0.1, 0.15) is 6.92 Å². The summed E-state index contributed by atoms with van der Waals surface area (Å²) in [5, 5.41) is 0. The highest BCUT2D eigenvalue weighted by atomic mass is 19.1. The number of benzene rings is 2. The molecule has 0 aliphatic heterocycles. The normalized spacial score (nSPS) is 10.1. The highest BCUT2D eigenvalue weighted by Crippen LogP contribution is 2.29. The van der Waals surface area contributed by atoms with E-state index in [9.17, 15) is 4.39 Å². The van der Waals surface area contributed by atoms with Crippen LogP contribution < -0.4 is 4.74 Å². The van der Waals surface area contributed by atoms with Crippen LogP contribution in [0.3, 0.4) is 0 Å². The summed E-state index contributed by atoms with van der Waals surface area (Å²) in [6.45, 7) is 2.52. The standard InChI is InChI=1S/C14H12FO/c1-2-16-14-9-4-3-8-13(14)11-6-5-7-12(15)10-11/h3-6,8-10H,2H2,1H3. The number of hydrogen-bond donors (Lipinski definition) is 0. The van der Waals surface area contributed by atoms with Crippen LogP contribution in [-0.4, -0.2) is 6.61 Å². The van der Waals surface area contributed by atoms with Gasteiger partial charge in [-0.1, -0.05) is 30.3 Å². The summed E-state index contributed by atoms with van der Waals surface area (Å²) in [6.07, 6.45) is 0. The van der Waals surface area contributed by atoms with Crippen molar-refractivity contribution < 1.29 is 9.13 Å². The second-order valence-electron chi connectivity index (χ2n) is 3.35. The van der Waals surface area contributed by atoms with Crippen LogP contribution >= 0.6 is 0 Å². The van der Waals surface area contributed by atoms with E-state index < -0.39 is 0 Å². The lowest BCUT2D eigenvalue weighted by molar-refractivity contribution is 0.341. The Kier molecular flexibility index (Phi) is 3.20. The monoisotopic (exact) mass is 215 g/mol. The largest absolute Gasteiger partial charge is 0.493 e. The molecule has 0 saturated carbocycles. The van der Waals surface area contributed by atoms with E-state index in [1.807, 2.05) is 37.3 Å². The average Bonchev–Trinajstić information content (AvgIpc) is 2.30. The third kappa shape index (κ3) is 2.22. The zero-order valence-electron chi connectivity index (χ0n) is 9.03. The highest BCUT2D eigenvalue weighted by molar-refractivity contribution is 5.70. The molecule has 0 bridgehead atoms. The van der Waals surface area contributed by atoms with Crippen molar-refractivity contribution in [1.29, 1.82) is 0 Å². The molecule has 0 spiro atoms. The van der Waals surface area contributed by atoms with Crippen molar-refractivity contribution in [3.05, 3.63) is 54.3 Å². The van der Waals surface area contributed by atoms with Crippen LogP contribution in [0.5, 0.6) is 5.75 Å². The fourth-order valence-electron chi connectivity index (χ4n) is 1.59. The lowest BCUT2D eigenvalue weighted by Crippen LogP contribution is -1.93. The molecule has 1 nitrogen and oxygen atoms in total. The Morgan fingerprint density at radius 3 is 2.81 bits per heavy atom. The average molecular weight is 215 g/mol. The van der Waals surface area contributed by atoms with Crippen molar-refractivity contribution >= 4 is 0 Å². The lowest BCUT2D eigenvalue weighted by Gasteiger charge is -2.09. The second-order valence-corrected chi connectivity index (χ2v) is 3.35. The number of hydrogen-bond acceptors (Lipinski definition) is 1. The predicted octanol–water partition coefficient (Wildman–Crippen LogP) is 3.69. The molecule has 0 saturated heterocycles. The van der Waals surface area contributed by atoms with Gasteiger partial charge in [-0.05, 0) is 24.6 Å². The van der Waals surface area contributed by atoms with Crippen LogP contribution in [-0.2, 0) is 0 Å². The van der Waals surface area contributed by atoms with Crippen molar-refractivity contribution in [3.63, 3.8) is 0 Å². The first-order valence-electron chi connectivity index (χ1n) is 5.20. The fourth-order valence-corrected chi connectivity index (χ4v) is 1.59. The Hall–Kier alpha value is -1.83. The summed E-state index contributed by atoms with van der Waals surface area (Å²) in [4.78, 5) is 0. The predicted molar refractivity (Wildman–Crippen MR) is 61.8 cm³/mol. The molecule has 0 fully saturated rings. The molecular formula is C14H12FO. The lowest BCUT2D eigenvalue weighted by atomic mass is 10.0. The van der Waals surface area contributed by atoms with Crippen LogP contribution in [0.2, 0.25) is 0 Å². The second kappa shape index (κ2) is 4.79. The molecule has 2 aromatic rings. The molecule has 0 aliphatic carbocycles. The smallest absolute Gasteiger partial charge is 0.131 e. The minimum Gasteiger partial charge on any atom is -0.493 e. The van der Waals surface area contributed by atoms with Gasteiger partial charge in [0.05, 0.1) is 6.61 Å². The van der Waals surface area contributed by atoms with Crippen molar-refractivity contribution in [1.82, 2.24) is 0 Å². The van der Waals surface area contributed by atoms with Gasteiger partial charge in [0, 0.05) is 11.6 Å². The fraction of sp³-hybridized carbons (Fsp3) is 0.143. The number of para-hydroxylation sites is 1. The molecule has 0 unspecified atom stereocenters. The van der Waals surface area contributed by atoms with E-state index in [-0.39, 0.29) is 5.82 Å². The van der Waals surface area contributed by atoms with Crippen LogP contribution in [0.4, 0.5) is 4.39 Å². The molecule has 1 radical (unpaired) electrons. The van der Waals surface area contributed by atoms with Gasteiger partial charge in [0.2, 0.25) is 0 Å². The number of rotatable bonds is 3.